The topological polar surface area (TPSA) is 61.8 Å². The van der Waals surface area contributed by atoms with Crippen molar-refractivity contribution in [1.29, 1.82) is 0 Å². The van der Waals surface area contributed by atoms with E-state index in [1.807, 2.05) is 0 Å². The van der Waals surface area contributed by atoms with Gasteiger partial charge in [-0.05, 0) is 74.0 Å². The average Bonchev–Trinajstić information content (AvgIpc) is 3.29. The molecule has 5 heteroatoms. The van der Waals surface area contributed by atoms with Crippen LogP contribution in [0, 0.1) is 41.4 Å². The van der Waals surface area contributed by atoms with E-state index in [1.165, 1.54) is 44.9 Å². The molecule has 31 heavy (non-hydrogen) atoms. The van der Waals surface area contributed by atoms with Crippen molar-refractivity contribution >= 4 is 12.4 Å². The quantitative estimate of drug-likeness (QED) is 0.181. The van der Waals surface area contributed by atoms with Crippen LogP contribution in [-0.4, -0.2) is 31.9 Å². The molecule has 3 aliphatic rings. The maximum absolute atomic E-state index is 12.4. The highest BCUT2D eigenvalue weighted by atomic mass is 16.7. The van der Waals surface area contributed by atoms with E-state index < -0.39 is 0 Å². The number of esters is 1. The molecule has 5 unspecified atom stereocenters. The van der Waals surface area contributed by atoms with Crippen LogP contribution >= 0.6 is 0 Å². The summed E-state index contributed by atoms with van der Waals surface area (Å²) < 4.78 is 15.5. The molecule has 0 aromatic rings. The molecule has 0 aromatic heterocycles. The van der Waals surface area contributed by atoms with Gasteiger partial charge in [0.1, 0.15) is 6.10 Å². The van der Waals surface area contributed by atoms with Crippen LogP contribution < -0.4 is 0 Å². The SMILES string of the molecule is CC(C)CC(C(=O)OC1CC2CC(C)C1C2)C(C)C.O=COCOCC1CCCCC1. The van der Waals surface area contributed by atoms with Crippen molar-refractivity contribution in [3.63, 3.8) is 0 Å². The van der Waals surface area contributed by atoms with Crippen molar-refractivity contribution in [2.24, 2.45) is 41.4 Å². The second kappa shape index (κ2) is 13.4. The first-order chi connectivity index (χ1) is 14.8. The van der Waals surface area contributed by atoms with Gasteiger partial charge in [-0.3, -0.25) is 9.59 Å². The molecule has 0 spiro atoms. The highest BCUT2D eigenvalue weighted by Gasteiger charge is 2.46. The van der Waals surface area contributed by atoms with Crippen molar-refractivity contribution in [2.75, 3.05) is 13.4 Å². The van der Waals surface area contributed by atoms with E-state index in [0.717, 1.165) is 31.3 Å². The molecule has 3 saturated carbocycles. The van der Waals surface area contributed by atoms with E-state index >= 15 is 0 Å². The molecule has 0 aromatic carbocycles. The molecule has 0 heterocycles. The van der Waals surface area contributed by atoms with Gasteiger partial charge in [-0.2, -0.15) is 0 Å². The number of carbonyl (C=O) groups excluding carboxylic acids is 2. The fourth-order valence-corrected chi connectivity index (χ4v) is 5.79. The van der Waals surface area contributed by atoms with Crippen LogP contribution in [0.25, 0.3) is 0 Å². The average molecular weight is 439 g/mol. The van der Waals surface area contributed by atoms with Crippen LogP contribution in [0.1, 0.15) is 92.4 Å². The molecule has 3 aliphatic carbocycles. The molecule has 0 aliphatic heterocycles. The monoisotopic (exact) mass is 438 g/mol. The molecule has 180 valence electrons. The van der Waals surface area contributed by atoms with Crippen molar-refractivity contribution in [1.82, 2.24) is 0 Å². The maximum Gasteiger partial charge on any atom is 0.309 e. The smallest absolute Gasteiger partial charge is 0.309 e. The second-order valence-corrected chi connectivity index (χ2v) is 10.9. The van der Waals surface area contributed by atoms with E-state index in [9.17, 15) is 9.59 Å². The third-order valence-corrected chi connectivity index (χ3v) is 7.48. The Morgan fingerprint density at radius 3 is 2.29 bits per heavy atom. The van der Waals surface area contributed by atoms with Crippen LogP contribution in [-0.2, 0) is 23.8 Å². The Hall–Kier alpha value is -1.10. The number of hydrogen-bond acceptors (Lipinski definition) is 5. The normalized spacial score (nSPS) is 28.9. The Labute approximate surface area is 190 Å². The predicted octanol–water partition coefficient (Wildman–Crippen LogP) is 6.00. The molecule has 3 rings (SSSR count). The molecule has 0 saturated heterocycles. The van der Waals surface area contributed by atoms with Crippen LogP contribution in [0.2, 0.25) is 0 Å². The zero-order valence-corrected chi connectivity index (χ0v) is 20.5. The Balaban J connectivity index is 0.000000245. The van der Waals surface area contributed by atoms with Gasteiger partial charge in [-0.1, -0.05) is 53.9 Å². The van der Waals surface area contributed by atoms with Crippen molar-refractivity contribution in [2.45, 2.75) is 98.5 Å². The van der Waals surface area contributed by atoms with E-state index in [-0.39, 0.29) is 24.8 Å². The van der Waals surface area contributed by atoms with Gasteiger partial charge >= 0.3 is 5.97 Å². The fourth-order valence-electron chi connectivity index (χ4n) is 5.79. The summed E-state index contributed by atoms with van der Waals surface area (Å²) >= 11 is 0. The first kappa shape index (κ1) is 26.2. The van der Waals surface area contributed by atoms with Crippen LogP contribution in [0.5, 0.6) is 0 Å². The summed E-state index contributed by atoms with van der Waals surface area (Å²) in [6, 6.07) is 0. The summed E-state index contributed by atoms with van der Waals surface area (Å²) in [6.45, 7) is 12.2. The first-order valence-corrected chi connectivity index (χ1v) is 12.6. The molecule has 5 atom stereocenters. The Kier molecular flexibility index (Phi) is 11.3. The second-order valence-electron chi connectivity index (χ2n) is 10.9. The summed E-state index contributed by atoms with van der Waals surface area (Å²) in [5.74, 6) is 3.97. The summed E-state index contributed by atoms with van der Waals surface area (Å²) in [4.78, 5) is 22.2. The maximum atomic E-state index is 12.4. The molecule has 0 radical (unpaired) electrons. The van der Waals surface area contributed by atoms with E-state index in [2.05, 4.69) is 39.4 Å². The van der Waals surface area contributed by atoms with Gasteiger partial charge in [-0.15, -0.1) is 0 Å². The summed E-state index contributed by atoms with van der Waals surface area (Å²) in [5.41, 5.74) is 0. The lowest BCUT2D eigenvalue weighted by Gasteiger charge is -2.29. The van der Waals surface area contributed by atoms with E-state index in [0.29, 0.717) is 30.1 Å². The largest absolute Gasteiger partial charge is 0.462 e. The van der Waals surface area contributed by atoms with E-state index in [4.69, 9.17) is 9.47 Å². The lowest BCUT2D eigenvalue weighted by Crippen LogP contribution is -2.33. The van der Waals surface area contributed by atoms with Gasteiger partial charge in [0, 0.05) is 0 Å². The van der Waals surface area contributed by atoms with E-state index in [1.54, 1.807) is 0 Å². The minimum absolute atomic E-state index is 0.0634. The van der Waals surface area contributed by atoms with Gasteiger partial charge in [0.15, 0.2) is 6.79 Å². The lowest BCUT2D eigenvalue weighted by atomic mass is 9.86. The zero-order chi connectivity index (χ0) is 22.8. The van der Waals surface area contributed by atoms with Crippen molar-refractivity contribution < 1.29 is 23.8 Å². The van der Waals surface area contributed by atoms with Crippen LogP contribution in [0.4, 0.5) is 0 Å². The van der Waals surface area contributed by atoms with Crippen LogP contribution in [0.15, 0.2) is 0 Å². The predicted molar refractivity (Wildman–Crippen MR) is 122 cm³/mol. The standard InChI is InChI=1S/C17H30O2.C9H16O3/c1-10(2)6-14(11(3)4)17(18)19-16-9-13-7-12(5)15(16)8-13;10-7-12-8-11-6-9-4-2-1-3-5-9/h10-16H,6-9H2,1-5H3;7,9H,1-6,8H2. The number of carbonyl (C=O) groups is 2. The highest BCUT2D eigenvalue weighted by molar-refractivity contribution is 5.73. The van der Waals surface area contributed by atoms with Gasteiger partial charge in [0.2, 0.25) is 0 Å². The Morgan fingerprint density at radius 1 is 1.03 bits per heavy atom. The number of ether oxygens (including phenoxy) is 3. The Bertz CT molecular complexity index is 526. The number of hydrogen-bond donors (Lipinski definition) is 0. The molecule has 2 bridgehead atoms. The molecule has 0 N–H and O–H groups in total. The third-order valence-electron chi connectivity index (χ3n) is 7.48. The van der Waals surface area contributed by atoms with Crippen LogP contribution in [0.3, 0.4) is 0 Å². The van der Waals surface area contributed by atoms with Gasteiger partial charge in [0.25, 0.3) is 6.47 Å². The zero-order valence-electron chi connectivity index (χ0n) is 20.5. The molecular weight excluding hydrogens is 392 g/mol. The Morgan fingerprint density at radius 2 is 1.74 bits per heavy atom. The summed E-state index contributed by atoms with van der Waals surface area (Å²) in [5, 5.41) is 0. The summed E-state index contributed by atoms with van der Waals surface area (Å²) in [6.07, 6.45) is 11.5. The third kappa shape index (κ3) is 8.75. The summed E-state index contributed by atoms with van der Waals surface area (Å²) in [7, 11) is 0. The molecule has 5 nitrogen and oxygen atoms in total. The molecule has 3 fully saturated rings. The highest BCUT2D eigenvalue weighted by Crippen LogP contribution is 2.49. The van der Waals surface area contributed by atoms with Gasteiger partial charge < -0.3 is 14.2 Å². The lowest BCUT2D eigenvalue weighted by molar-refractivity contribution is -0.159. The molecule has 0 amide bonds. The molecular formula is C26H46O5. The number of rotatable bonds is 10. The fraction of sp³-hybridized carbons (Fsp3) is 0.923. The first-order valence-electron chi connectivity index (χ1n) is 12.6. The van der Waals surface area contributed by atoms with Crippen molar-refractivity contribution in [3.05, 3.63) is 0 Å². The minimum atomic E-state index is 0.0634. The number of fused-ring (bicyclic) bond motifs is 2. The van der Waals surface area contributed by atoms with Gasteiger partial charge in [-0.25, -0.2) is 0 Å². The van der Waals surface area contributed by atoms with Gasteiger partial charge in [0.05, 0.1) is 12.5 Å². The van der Waals surface area contributed by atoms with Crippen molar-refractivity contribution in [3.8, 4) is 0 Å². The minimum Gasteiger partial charge on any atom is -0.462 e.